The Morgan fingerprint density at radius 2 is 2.25 bits per heavy atom. The highest BCUT2D eigenvalue weighted by molar-refractivity contribution is 5.95. The molecule has 0 aliphatic carbocycles. The van der Waals surface area contributed by atoms with Crippen molar-refractivity contribution in [1.29, 1.82) is 0 Å². The standard InChI is InChI=1S/C13H13N3O4/c1-20-13(19)10-4-3-9(7-11(10)17)15-12(18)8-16-6-2-5-14-16/h2-7,17H,8H2,1H3,(H,15,18). The fraction of sp³-hybridized carbons (Fsp3) is 0.154. The lowest BCUT2D eigenvalue weighted by Crippen LogP contribution is -2.19. The highest BCUT2D eigenvalue weighted by Crippen LogP contribution is 2.22. The molecule has 104 valence electrons. The van der Waals surface area contributed by atoms with E-state index >= 15 is 0 Å². The number of aromatic nitrogens is 2. The molecule has 1 amide bonds. The predicted molar refractivity (Wildman–Crippen MR) is 70.3 cm³/mol. The van der Waals surface area contributed by atoms with Crippen LogP contribution in [0.3, 0.4) is 0 Å². The van der Waals surface area contributed by atoms with E-state index in [-0.39, 0.29) is 23.8 Å². The van der Waals surface area contributed by atoms with Crippen LogP contribution in [0.4, 0.5) is 5.69 Å². The van der Waals surface area contributed by atoms with Gasteiger partial charge in [-0.15, -0.1) is 0 Å². The molecule has 2 aromatic rings. The Kier molecular flexibility index (Phi) is 3.99. The lowest BCUT2D eigenvalue weighted by molar-refractivity contribution is -0.116. The van der Waals surface area contributed by atoms with Crippen molar-refractivity contribution in [2.24, 2.45) is 0 Å². The molecule has 0 aliphatic heterocycles. The molecule has 1 aromatic carbocycles. The third kappa shape index (κ3) is 3.14. The van der Waals surface area contributed by atoms with Gasteiger partial charge in [-0.05, 0) is 18.2 Å². The number of benzene rings is 1. The van der Waals surface area contributed by atoms with Crippen LogP contribution >= 0.6 is 0 Å². The molecule has 7 nitrogen and oxygen atoms in total. The maximum atomic E-state index is 11.7. The fourth-order valence-electron chi connectivity index (χ4n) is 1.63. The fourth-order valence-corrected chi connectivity index (χ4v) is 1.63. The number of hydrogen-bond acceptors (Lipinski definition) is 5. The largest absolute Gasteiger partial charge is 0.507 e. The van der Waals surface area contributed by atoms with Crippen molar-refractivity contribution in [2.75, 3.05) is 12.4 Å². The van der Waals surface area contributed by atoms with Gasteiger partial charge in [0.05, 0.1) is 7.11 Å². The summed E-state index contributed by atoms with van der Waals surface area (Å²) in [5, 5.41) is 16.2. The van der Waals surface area contributed by atoms with Crippen LogP contribution in [0, 0.1) is 0 Å². The van der Waals surface area contributed by atoms with E-state index in [1.165, 1.54) is 30.0 Å². The van der Waals surface area contributed by atoms with Gasteiger partial charge in [0.1, 0.15) is 17.9 Å². The van der Waals surface area contributed by atoms with Crippen molar-refractivity contribution >= 4 is 17.6 Å². The summed E-state index contributed by atoms with van der Waals surface area (Å²) in [7, 11) is 1.22. The van der Waals surface area contributed by atoms with E-state index in [1.54, 1.807) is 18.5 Å². The molecule has 0 spiro atoms. The molecule has 0 radical (unpaired) electrons. The predicted octanol–water partition coefficient (Wildman–Crippen LogP) is 1.01. The number of ether oxygens (including phenoxy) is 1. The summed E-state index contributed by atoms with van der Waals surface area (Å²) in [5.41, 5.74) is 0.421. The smallest absolute Gasteiger partial charge is 0.341 e. The third-order valence-corrected chi connectivity index (χ3v) is 2.55. The van der Waals surface area contributed by atoms with Crippen molar-refractivity contribution in [1.82, 2.24) is 9.78 Å². The molecule has 0 saturated heterocycles. The number of phenols is 1. The molecule has 0 aliphatic rings. The van der Waals surface area contributed by atoms with Gasteiger partial charge < -0.3 is 15.2 Å². The van der Waals surface area contributed by atoms with Gasteiger partial charge in [0.2, 0.25) is 5.91 Å². The van der Waals surface area contributed by atoms with Crippen molar-refractivity contribution in [2.45, 2.75) is 6.54 Å². The third-order valence-electron chi connectivity index (χ3n) is 2.55. The molecule has 2 N–H and O–H groups in total. The van der Waals surface area contributed by atoms with E-state index in [0.29, 0.717) is 5.69 Å². The average Bonchev–Trinajstić information content (AvgIpc) is 2.90. The molecule has 7 heteroatoms. The Morgan fingerprint density at radius 1 is 1.45 bits per heavy atom. The Morgan fingerprint density at radius 3 is 2.85 bits per heavy atom. The second kappa shape index (κ2) is 5.87. The summed E-state index contributed by atoms with van der Waals surface area (Å²) in [4.78, 5) is 23.0. The molecule has 1 aromatic heterocycles. The minimum atomic E-state index is -0.642. The first-order chi connectivity index (χ1) is 9.60. The Bertz CT molecular complexity index is 623. The normalized spacial score (nSPS) is 10.1. The van der Waals surface area contributed by atoms with Crippen LogP contribution < -0.4 is 5.32 Å². The lowest BCUT2D eigenvalue weighted by atomic mass is 10.2. The van der Waals surface area contributed by atoms with Crippen LogP contribution in [0.5, 0.6) is 5.75 Å². The van der Waals surface area contributed by atoms with Crippen molar-refractivity contribution in [3.05, 3.63) is 42.2 Å². The number of aromatic hydroxyl groups is 1. The number of methoxy groups -OCH3 is 1. The maximum absolute atomic E-state index is 11.7. The number of rotatable bonds is 4. The number of carbonyl (C=O) groups excluding carboxylic acids is 2. The van der Waals surface area contributed by atoms with E-state index in [9.17, 15) is 14.7 Å². The van der Waals surface area contributed by atoms with Crippen LogP contribution in [0.2, 0.25) is 0 Å². The van der Waals surface area contributed by atoms with Crippen molar-refractivity contribution in [3.63, 3.8) is 0 Å². The van der Waals surface area contributed by atoms with Crippen LogP contribution in [0.25, 0.3) is 0 Å². The van der Waals surface area contributed by atoms with Gasteiger partial charge in [0.15, 0.2) is 0 Å². The molecule has 20 heavy (non-hydrogen) atoms. The monoisotopic (exact) mass is 275 g/mol. The summed E-state index contributed by atoms with van der Waals surface area (Å²) < 4.78 is 5.98. The molecule has 0 saturated carbocycles. The second-order valence-electron chi connectivity index (χ2n) is 3.98. The molecule has 0 bridgehead atoms. The molecule has 0 atom stereocenters. The maximum Gasteiger partial charge on any atom is 0.341 e. The Labute approximate surface area is 114 Å². The second-order valence-corrected chi connectivity index (χ2v) is 3.98. The number of nitrogens with zero attached hydrogens (tertiary/aromatic N) is 2. The summed E-state index contributed by atoms with van der Waals surface area (Å²) >= 11 is 0. The van der Waals surface area contributed by atoms with E-state index in [4.69, 9.17) is 0 Å². The molecular formula is C13H13N3O4. The Balaban J connectivity index is 2.05. The summed E-state index contributed by atoms with van der Waals surface area (Å²) in [5.74, 6) is -1.19. The van der Waals surface area contributed by atoms with Gasteiger partial charge in [0, 0.05) is 24.1 Å². The van der Waals surface area contributed by atoms with E-state index in [1.807, 2.05) is 0 Å². The Hall–Kier alpha value is -2.83. The number of anilines is 1. The van der Waals surface area contributed by atoms with Crippen LogP contribution in [0.15, 0.2) is 36.7 Å². The quantitative estimate of drug-likeness (QED) is 0.812. The van der Waals surface area contributed by atoms with Gasteiger partial charge in [-0.2, -0.15) is 5.10 Å². The molecular weight excluding hydrogens is 262 g/mol. The van der Waals surface area contributed by atoms with E-state index < -0.39 is 5.97 Å². The molecule has 0 fully saturated rings. The molecule has 1 heterocycles. The van der Waals surface area contributed by atoms with Gasteiger partial charge in [-0.25, -0.2) is 4.79 Å². The van der Waals surface area contributed by atoms with Crippen LogP contribution in [-0.2, 0) is 16.1 Å². The SMILES string of the molecule is COC(=O)c1ccc(NC(=O)Cn2cccn2)cc1O. The minimum Gasteiger partial charge on any atom is -0.507 e. The zero-order valence-electron chi connectivity index (χ0n) is 10.7. The highest BCUT2D eigenvalue weighted by atomic mass is 16.5. The zero-order valence-corrected chi connectivity index (χ0v) is 10.7. The lowest BCUT2D eigenvalue weighted by Gasteiger charge is -2.08. The van der Waals surface area contributed by atoms with Gasteiger partial charge in [-0.1, -0.05) is 0 Å². The highest BCUT2D eigenvalue weighted by Gasteiger charge is 2.12. The summed E-state index contributed by atoms with van der Waals surface area (Å²) in [6.45, 7) is 0.0620. The van der Waals surface area contributed by atoms with E-state index in [0.717, 1.165) is 0 Å². The van der Waals surface area contributed by atoms with Gasteiger partial charge in [0.25, 0.3) is 0 Å². The number of nitrogens with one attached hydrogen (secondary N) is 1. The van der Waals surface area contributed by atoms with Crippen LogP contribution in [0.1, 0.15) is 10.4 Å². The number of hydrogen-bond donors (Lipinski definition) is 2. The topological polar surface area (TPSA) is 93.5 Å². The average molecular weight is 275 g/mol. The number of amides is 1. The molecule has 2 rings (SSSR count). The first kappa shape index (κ1) is 13.6. The van der Waals surface area contributed by atoms with Gasteiger partial charge in [-0.3, -0.25) is 9.48 Å². The van der Waals surface area contributed by atoms with Crippen molar-refractivity contribution in [3.8, 4) is 5.75 Å². The van der Waals surface area contributed by atoms with Crippen LogP contribution in [-0.4, -0.2) is 33.9 Å². The van der Waals surface area contributed by atoms with E-state index in [2.05, 4.69) is 15.2 Å². The van der Waals surface area contributed by atoms with Gasteiger partial charge >= 0.3 is 5.97 Å². The first-order valence-electron chi connectivity index (χ1n) is 5.79. The number of esters is 1. The summed E-state index contributed by atoms with van der Waals surface area (Å²) in [6.07, 6.45) is 3.24. The first-order valence-corrected chi connectivity index (χ1v) is 5.79. The minimum absolute atomic E-state index is 0.0394. The van der Waals surface area contributed by atoms with Crippen molar-refractivity contribution < 1.29 is 19.4 Å². The summed E-state index contributed by atoms with van der Waals surface area (Å²) in [6, 6.07) is 5.88. The zero-order chi connectivity index (χ0) is 14.5. The number of phenolic OH excluding ortho intramolecular Hbond substituents is 1. The number of carbonyl (C=O) groups is 2. The molecule has 0 unspecified atom stereocenters.